The number of benzene rings is 2. The molecule has 156 valence electrons. The van der Waals surface area contributed by atoms with Crippen molar-refractivity contribution in [3.8, 4) is 5.75 Å². The molecule has 12 heteroatoms. The summed E-state index contributed by atoms with van der Waals surface area (Å²) in [5.41, 5.74) is 0.0957. The molecule has 0 unspecified atom stereocenters. The molecular formula is C18H15BrFN5O5. The first-order chi connectivity index (χ1) is 14.2. The number of carbonyl (C=O) groups is 1. The predicted octanol–water partition coefficient (Wildman–Crippen LogP) is 4.22. The number of halogens is 2. The van der Waals surface area contributed by atoms with Gasteiger partial charge in [0.1, 0.15) is 24.6 Å². The second-order valence-corrected chi connectivity index (χ2v) is 7.14. The van der Waals surface area contributed by atoms with E-state index in [0.29, 0.717) is 9.99 Å². The van der Waals surface area contributed by atoms with Crippen LogP contribution in [-0.4, -0.2) is 38.7 Å². The molecular weight excluding hydrogens is 465 g/mol. The molecule has 1 heterocycles. The minimum atomic E-state index is -1.23. The van der Waals surface area contributed by atoms with Gasteiger partial charge in [-0.2, -0.15) is 0 Å². The van der Waals surface area contributed by atoms with Crippen LogP contribution in [0.3, 0.4) is 0 Å². The van der Waals surface area contributed by atoms with Crippen LogP contribution in [0.15, 0.2) is 41.1 Å². The van der Waals surface area contributed by atoms with Crippen LogP contribution < -0.4 is 15.4 Å². The number of hydrogen-bond acceptors (Lipinski definition) is 7. The number of fused-ring (bicyclic) bond motifs is 1. The summed E-state index contributed by atoms with van der Waals surface area (Å²) in [4.78, 5) is 29.7. The lowest BCUT2D eigenvalue weighted by atomic mass is 10.2. The number of nitro benzene ring substituents is 1. The number of hydrogen-bond donors (Lipinski definition) is 3. The smallest absolute Gasteiger partial charge is 0.404 e. The normalized spacial score (nSPS) is 11.7. The summed E-state index contributed by atoms with van der Waals surface area (Å²) in [5.74, 6) is -0.437. The summed E-state index contributed by atoms with van der Waals surface area (Å²) in [5, 5.41) is 25.6. The third kappa shape index (κ3) is 4.89. The molecule has 0 aliphatic rings. The highest BCUT2D eigenvalue weighted by atomic mass is 79.9. The van der Waals surface area contributed by atoms with Crippen LogP contribution in [0.1, 0.15) is 6.92 Å². The van der Waals surface area contributed by atoms with Gasteiger partial charge < -0.3 is 20.5 Å². The molecule has 0 saturated carbocycles. The monoisotopic (exact) mass is 479 g/mol. The van der Waals surface area contributed by atoms with Gasteiger partial charge in [0.2, 0.25) is 0 Å². The Morgan fingerprint density at radius 1 is 1.37 bits per heavy atom. The van der Waals surface area contributed by atoms with Gasteiger partial charge in [0.25, 0.3) is 0 Å². The number of rotatable bonds is 7. The molecule has 1 atom stereocenters. The topological polar surface area (TPSA) is 140 Å². The van der Waals surface area contributed by atoms with Crippen molar-refractivity contribution in [2.24, 2.45) is 0 Å². The van der Waals surface area contributed by atoms with Crippen LogP contribution in [0, 0.1) is 15.9 Å². The zero-order valence-electron chi connectivity index (χ0n) is 15.4. The fourth-order valence-corrected chi connectivity index (χ4v) is 2.95. The molecule has 0 radical (unpaired) electrons. The van der Waals surface area contributed by atoms with Crippen LogP contribution in [0.25, 0.3) is 10.9 Å². The van der Waals surface area contributed by atoms with E-state index in [1.165, 1.54) is 30.6 Å². The van der Waals surface area contributed by atoms with Gasteiger partial charge in [0.15, 0.2) is 5.75 Å². The second kappa shape index (κ2) is 8.86. The van der Waals surface area contributed by atoms with E-state index >= 15 is 0 Å². The molecule has 3 N–H and O–H groups in total. The third-order valence-corrected chi connectivity index (χ3v) is 4.45. The Morgan fingerprint density at radius 3 is 2.80 bits per heavy atom. The van der Waals surface area contributed by atoms with Crippen molar-refractivity contribution in [1.82, 2.24) is 15.3 Å². The Balaban J connectivity index is 1.97. The number of anilines is 2. The van der Waals surface area contributed by atoms with Crippen LogP contribution >= 0.6 is 15.9 Å². The van der Waals surface area contributed by atoms with Crippen molar-refractivity contribution >= 4 is 50.1 Å². The van der Waals surface area contributed by atoms with Crippen molar-refractivity contribution < 1.29 is 24.0 Å². The summed E-state index contributed by atoms with van der Waals surface area (Å²) in [6.07, 6.45) is -0.00574. The Kier molecular flexibility index (Phi) is 6.26. The van der Waals surface area contributed by atoms with Gasteiger partial charge in [-0.15, -0.1) is 0 Å². The number of nitrogens with zero attached hydrogens (tertiary/aromatic N) is 3. The molecule has 1 amide bonds. The van der Waals surface area contributed by atoms with E-state index in [1.807, 2.05) is 0 Å². The average Bonchev–Trinajstić information content (AvgIpc) is 2.67. The standard InChI is InChI=1S/C18H15BrFN5O5/c1-9(23-18(26)27)7-30-16-6-14-11(5-15(16)25(28)29)17(22-8-21-14)24-13-3-2-10(19)4-12(13)20/h2-6,8-9,23H,7H2,1H3,(H,26,27)(H,21,22,24)/t9-/m0/s1. The van der Waals surface area contributed by atoms with E-state index in [-0.39, 0.29) is 34.9 Å². The first kappa shape index (κ1) is 21.2. The molecule has 3 rings (SSSR count). The fourth-order valence-electron chi connectivity index (χ4n) is 2.62. The van der Waals surface area contributed by atoms with E-state index in [9.17, 15) is 19.3 Å². The zero-order valence-corrected chi connectivity index (χ0v) is 17.0. The highest BCUT2D eigenvalue weighted by molar-refractivity contribution is 9.10. The Hall–Kier alpha value is -3.54. The van der Waals surface area contributed by atoms with Gasteiger partial charge >= 0.3 is 11.8 Å². The minimum absolute atomic E-state index is 0.0778. The molecule has 10 nitrogen and oxygen atoms in total. The van der Waals surface area contributed by atoms with E-state index < -0.39 is 22.9 Å². The largest absolute Gasteiger partial charge is 0.485 e. The molecule has 0 aliphatic carbocycles. The van der Waals surface area contributed by atoms with Gasteiger partial charge in [-0.05, 0) is 25.1 Å². The lowest BCUT2D eigenvalue weighted by Gasteiger charge is -2.14. The molecule has 0 spiro atoms. The number of amides is 1. The number of carboxylic acid groups (broad SMARTS) is 1. The van der Waals surface area contributed by atoms with Crippen LogP contribution in [-0.2, 0) is 0 Å². The van der Waals surface area contributed by atoms with E-state index in [1.54, 1.807) is 13.0 Å². The number of nitrogens with one attached hydrogen (secondary N) is 2. The molecule has 0 fully saturated rings. The Bertz CT molecular complexity index is 1130. The van der Waals surface area contributed by atoms with E-state index in [0.717, 1.165) is 0 Å². The lowest BCUT2D eigenvalue weighted by molar-refractivity contribution is -0.385. The maximum atomic E-state index is 14.2. The van der Waals surface area contributed by atoms with Gasteiger partial charge in [-0.3, -0.25) is 10.1 Å². The molecule has 1 aromatic heterocycles. The number of ether oxygens (including phenoxy) is 1. The first-order valence-electron chi connectivity index (χ1n) is 8.52. The Labute approximate surface area is 177 Å². The highest BCUT2D eigenvalue weighted by Crippen LogP contribution is 2.35. The van der Waals surface area contributed by atoms with Crippen molar-refractivity contribution in [3.05, 3.63) is 57.1 Å². The Morgan fingerprint density at radius 2 is 2.13 bits per heavy atom. The highest BCUT2D eigenvalue weighted by Gasteiger charge is 2.20. The van der Waals surface area contributed by atoms with Gasteiger partial charge in [0.05, 0.1) is 27.6 Å². The minimum Gasteiger partial charge on any atom is -0.485 e. The quantitative estimate of drug-likeness (QED) is 0.338. The maximum absolute atomic E-state index is 14.2. The van der Waals surface area contributed by atoms with Crippen molar-refractivity contribution in [1.29, 1.82) is 0 Å². The van der Waals surface area contributed by atoms with Crippen LogP contribution in [0.4, 0.5) is 26.4 Å². The lowest BCUT2D eigenvalue weighted by Crippen LogP contribution is -2.35. The van der Waals surface area contributed by atoms with Crippen molar-refractivity contribution in [2.45, 2.75) is 13.0 Å². The SMILES string of the molecule is C[C@@H](COc1cc2ncnc(Nc3ccc(Br)cc3F)c2cc1[N+](=O)[O-])NC(=O)O. The maximum Gasteiger partial charge on any atom is 0.404 e. The van der Waals surface area contributed by atoms with E-state index in [2.05, 4.69) is 36.5 Å². The second-order valence-electron chi connectivity index (χ2n) is 6.23. The predicted molar refractivity (Wildman–Crippen MR) is 110 cm³/mol. The summed E-state index contributed by atoms with van der Waals surface area (Å²) in [6, 6.07) is 6.38. The van der Waals surface area contributed by atoms with Crippen molar-refractivity contribution in [3.63, 3.8) is 0 Å². The first-order valence-corrected chi connectivity index (χ1v) is 9.31. The molecule has 0 aliphatic heterocycles. The summed E-state index contributed by atoms with van der Waals surface area (Å²) in [7, 11) is 0. The van der Waals surface area contributed by atoms with Crippen molar-refractivity contribution in [2.75, 3.05) is 11.9 Å². The number of aromatic nitrogens is 2. The number of nitro groups is 1. The molecule has 30 heavy (non-hydrogen) atoms. The van der Waals surface area contributed by atoms with Crippen LogP contribution in [0.5, 0.6) is 5.75 Å². The third-order valence-electron chi connectivity index (χ3n) is 3.96. The van der Waals surface area contributed by atoms with Crippen LogP contribution in [0.2, 0.25) is 0 Å². The summed E-state index contributed by atoms with van der Waals surface area (Å²) in [6.45, 7) is 1.43. The molecule has 0 bridgehead atoms. The summed E-state index contributed by atoms with van der Waals surface area (Å²) < 4.78 is 20.2. The summed E-state index contributed by atoms with van der Waals surface area (Å²) >= 11 is 3.17. The van der Waals surface area contributed by atoms with E-state index in [4.69, 9.17) is 9.84 Å². The van der Waals surface area contributed by atoms with Gasteiger partial charge in [-0.1, -0.05) is 15.9 Å². The fraction of sp³-hybridized carbons (Fsp3) is 0.167. The zero-order chi connectivity index (χ0) is 21.8. The molecule has 3 aromatic rings. The molecule has 2 aromatic carbocycles. The average molecular weight is 480 g/mol. The van der Waals surface area contributed by atoms with Gasteiger partial charge in [-0.25, -0.2) is 19.2 Å². The molecule has 0 saturated heterocycles. The van der Waals surface area contributed by atoms with Gasteiger partial charge in [0, 0.05) is 16.6 Å².